The molecule has 0 saturated carbocycles. The van der Waals surface area contributed by atoms with E-state index in [0.717, 1.165) is 0 Å². The average molecular weight is 180 g/mol. The molecular formula is C8H8N2O3. The molecule has 0 aliphatic carbocycles. The van der Waals surface area contributed by atoms with Crippen LogP contribution in [0.15, 0.2) is 21.4 Å². The minimum atomic E-state index is -0.168. The first-order chi connectivity index (χ1) is 6.31. The van der Waals surface area contributed by atoms with Gasteiger partial charge in [-0.1, -0.05) is 0 Å². The van der Waals surface area contributed by atoms with Gasteiger partial charge in [-0.15, -0.1) is 0 Å². The van der Waals surface area contributed by atoms with Gasteiger partial charge in [-0.25, -0.2) is 4.98 Å². The fraction of sp³-hybridized carbons (Fsp3) is 0.250. The molecule has 5 heteroatoms. The van der Waals surface area contributed by atoms with Gasteiger partial charge in [-0.05, 0) is 7.05 Å². The molecule has 2 aromatic rings. The minimum absolute atomic E-state index is 0.121. The van der Waals surface area contributed by atoms with Crippen molar-refractivity contribution >= 4 is 16.9 Å². The van der Waals surface area contributed by atoms with Crippen molar-refractivity contribution in [2.24, 2.45) is 0 Å². The molecule has 0 radical (unpaired) electrons. The van der Waals surface area contributed by atoms with Crippen LogP contribution in [0.1, 0.15) is 10.7 Å². The largest absolute Gasteiger partial charge is 0.466 e. The van der Waals surface area contributed by atoms with E-state index in [1.165, 1.54) is 12.5 Å². The zero-order valence-electron chi connectivity index (χ0n) is 7.03. The number of hydrogen-bond acceptors (Lipinski definition) is 5. The molecule has 2 aromatic heterocycles. The van der Waals surface area contributed by atoms with Crippen LogP contribution >= 0.6 is 0 Å². The molecule has 0 aliphatic rings. The Labute approximate surface area is 73.7 Å². The molecule has 5 nitrogen and oxygen atoms in total. The van der Waals surface area contributed by atoms with Crippen molar-refractivity contribution in [3.8, 4) is 0 Å². The maximum Gasteiger partial charge on any atom is 0.265 e. The van der Waals surface area contributed by atoms with Gasteiger partial charge in [0, 0.05) is 0 Å². The van der Waals surface area contributed by atoms with Gasteiger partial charge < -0.3 is 14.2 Å². The average Bonchev–Trinajstić information content (AvgIpc) is 2.61. The first kappa shape index (κ1) is 8.00. The number of rotatable bonds is 3. The maximum absolute atomic E-state index is 11.3. The smallest absolute Gasteiger partial charge is 0.265 e. The van der Waals surface area contributed by atoms with E-state index in [1.807, 2.05) is 0 Å². The lowest BCUT2D eigenvalue weighted by Crippen LogP contribution is -2.18. The summed E-state index contributed by atoms with van der Waals surface area (Å²) in [5.74, 6) is -0.0474. The number of fused-ring (bicyclic) bond motifs is 1. The van der Waals surface area contributed by atoms with Crippen LogP contribution in [0.5, 0.6) is 0 Å². The number of nitrogens with zero attached hydrogens (tertiary/aromatic N) is 1. The van der Waals surface area contributed by atoms with Gasteiger partial charge in [-0.3, -0.25) is 4.79 Å². The third kappa shape index (κ3) is 1.33. The van der Waals surface area contributed by atoms with Crippen LogP contribution < -0.4 is 5.32 Å². The highest BCUT2D eigenvalue weighted by atomic mass is 16.4. The van der Waals surface area contributed by atoms with Gasteiger partial charge in [-0.2, -0.15) is 0 Å². The molecule has 68 valence electrons. The number of carbonyl (C=O) groups is 1. The number of oxazole rings is 1. The molecule has 0 fully saturated rings. The Morgan fingerprint density at radius 1 is 1.62 bits per heavy atom. The molecule has 13 heavy (non-hydrogen) atoms. The topological polar surface area (TPSA) is 68.3 Å². The first-order valence-corrected chi connectivity index (χ1v) is 3.82. The van der Waals surface area contributed by atoms with Crippen molar-refractivity contribution < 1.29 is 13.6 Å². The lowest BCUT2D eigenvalue weighted by Gasteiger charge is -1.91. The quantitative estimate of drug-likeness (QED) is 0.708. The van der Waals surface area contributed by atoms with E-state index in [-0.39, 0.29) is 18.2 Å². The second kappa shape index (κ2) is 3.02. The van der Waals surface area contributed by atoms with E-state index < -0.39 is 0 Å². The van der Waals surface area contributed by atoms with Crippen LogP contribution in [-0.2, 0) is 0 Å². The summed E-state index contributed by atoms with van der Waals surface area (Å²) in [4.78, 5) is 15.2. The summed E-state index contributed by atoms with van der Waals surface area (Å²) in [5.41, 5.74) is 1.07. The summed E-state index contributed by atoms with van der Waals surface area (Å²) >= 11 is 0. The van der Waals surface area contributed by atoms with Gasteiger partial charge >= 0.3 is 0 Å². The predicted molar refractivity (Wildman–Crippen MR) is 44.5 cm³/mol. The van der Waals surface area contributed by atoms with Gasteiger partial charge in [0.2, 0.25) is 5.78 Å². The molecule has 0 bridgehead atoms. The van der Waals surface area contributed by atoms with Gasteiger partial charge in [0.05, 0.1) is 6.54 Å². The van der Waals surface area contributed by atoms with Gasteiger partial charge in [0.25, 0.3) is 5.89 Å². The summed E-state index contributed by atoms with van der Waals surface area (Å²) in [6, 6.07) is 0. The van der Waals surface area contributed by atoms with Crippen molar-refractivity contribution in [3.63, 3.8) is 0 Å². The van der Waals surface area contributed by atoms with Crippen molar-refractivity contribution in [3.05, 3.63) is 18.4 Å². The predicted octanol–water partition coefficient (Wildman–Crippen LogP) is 0.823. The van der Waals surface area contributed by atoms with Gasteiger partial charge in [0.15, 0.2) is 5.58 Å². The van der Waals surface area contributed by atoms with Crippen LogP contribution in [0.3, 0.4) is 0 Å². The van der Waals surface area contributed by atoms with Gasteiger partial charge in [0.1, 0.15) is 18.0 Å². The summed E-state index contributed by atoms with van der Waals surface area (Å²) in [6.07, 6.45) is 2.85. The number of ketones is 1. The van der Waals surface area contributed by atoms with E-state index >= 15 is 0 Å². The van der Waals surface area contributed by atoms with Crippen LogP contribution in [0.4, 0.5) is 0 Å². The zero-order chi connectivity index (χ0) is 9.26. The Morgan fingerprint density at radius 2 is 2.46 bits per heavy atom. The van der Waals surface area contributed by atoms with Crippen LogP contribution in [0, 0.1) is 0 Å². The summed E-state index contributed by atoms with van der Waals surface area (Å²) < 4.78 is 9.94. The highest BCUT2D eigenvalue weighted by Gasteiger charge is 2.13. The molecule has 0 aliphatic heterocycles. The van der Waals surface area contributed by atoms with Crippen molar-refractivity contribution in [2.45, 2.75) is 0 Å². The van der Waals surface area contributed by atoms with Crippen molar-refractivity contribution in [2.75, 3.05) is 13.6 Å². The van der Waals surface area contributed by atoms with Crippen LogP contribution in [-0.4, -0.2) is 24.4 Å². The SMILES string of the molecule is CNCC(=O)c1nc2cocc2o1. The highest BCUT2D eigenvalue weighted by molar-refractivity contribution is 5.95. The second-order valence-electron chi connectivity index (χ2n) is 2.59. The molecule has 0 atom stereocenters. The normalized spacial score (nSPS) is 10.8. The number of carbonyl (C=O) groups excluding carboxylic acids is 1. The Kier molecular flexibility index (Phi) is 1.86. The number of furan rings is 1. The zero-order valence-corrected chi connectivity index (χ0v) is 7.03. The number of Topliss-reactive ketones (excluding diaryl/α,β-unsaturated/α-hetero) is 1. The molecule has 2 rings (SSSR count). The Balaban J connectivity index is 2.34. The number of hydrogen-bond donors (Lipinski definition) is 1. The highest BCUT2D eigenvalue weighted by Crippen LogP contribution is 2.15. The molecular weight excluding hydrogens is 172 g/mol. The summed E-state index contributed by atoms with van der Waals surface area (Å²) in [7, 11) is 1.69. The Hall–Kier alpha value is -1.62. The molecule has 2 heterocycles. The standard InChI is InChI=1S/C8H8N2O3/c1-9-2-6(11)8-10-5-3-12-4-7(5)13-8/h3-4,9H,2H2,1H3. The van der Waals surface area contributed by atoms with E-state index in [1.54, 1.807) is 7.05 Å². The fourth-order valence-electron chi connectivity index (χ4n) is 1.03. The number of nitrogens with one attached hydrogen (secondary N) is 1. The molecule has 0 unspecified atom stereocenters. The third-order valence-electron chi connectivity index (χ3n) is 1.61. The molecule has 0 amide bonds. The molecule has 1 N–H and O–H groups in total. The van der Waals surface area contributed by atoms with Crippen LogP contribution in [0.2, 0.25) is 0 Å². The second-order valence-corrected chi connectivity index (χ2v) is 2.59. The first-order valence-electron chi connectivity index (χ1n) is 3.82. The lowest BCUT2D eigenvalue weighted by atomic mass is 10.4. The van der Waals surface area contributed by atoms with E-state index in [4.69, 9.17) is 8.83 Å². The monoisotopic (exact) mass is 180 g/mol. The minimum Gasteiger partial charge on any atom is -0.466 e. The molecule has 0 spiro atoms. The Bertz CT molecular complexity index is 401. The van der Waals surface area contributed by atoms with E-state index in [2.05, 4.69) is 10.3 Å². The fourth-order valence-corrected chi connectivity index (χ4v) is 1.03. The number of aromatic nitrogens is 1. The summed E-state index contributed by atoms with van der Waals surface area (Å²) in [6.45, 7) is 0.222. The Morgan fingerprint density at radius 3 is 3.15 bits per heavy atom. The maximum atomic E-state index is 11.3. The summed E-state index contributed by atoms with van der Waals surface area (Å²) in [5, 5.41) is 2.73. The molecule has 0 aromatic carbocycles. The number of likely N-dealkylation sites (N-methyl/N-ethyl adjacent to an activating group) is 1. The van der Waals surface area contributed by atoms with E-state index in [9.17, 15) is 4.79 Å². The lowest BCUT2D eigenvalue weighted by molar-refractivity contribution is 0.0962. The molecule has 0 saturated heterocycles. The van der Waals surface area contributed by atoms with Crippen molar-refractivity contribution in [1.82, 2.24) is 10.3 Å². The van der Waals surface area contributed by atoms with Crippen LogP contribution in [0.25, 0.3) is 11.1 Å². The third-order valence-corrected chi connectivity index (χ3v) is 1.61. The van der Waals surface area contributed by atoms with Crippen molar-refractivity contribution in [1.29, 1.82) is 0 Å². The van der Waals surface area contributed by atoms with E-state index in [0.29, 0.717) is 11.1 Å².